The molecule has 4 rings (SSSR count). The van der Waals surface area contributed by atoms with Crippen molar-refractivity contribution in [3.05, 3.63) is 41.2 Å². The Morgan fingerprint density at radius 3 is 2.73 bits per heavy atom. The molecule has 0 aliphatic carbocycles. The minimum atomic E-state index is -0.415. The van der Waals surface area contributed by atoms with Crippen LogP contribution in [0.3, 0.4) is 0 Å². The minimum absolute atomic E-state index is 0.120. The number of fused-ring (bicyclic) bond motifs is 1. The minimum Gasteiger partial charge on any atom is -0.454 e. The van der Waals surface area contributed by atoms with Gasteiger partial charge >= 0.3 is 0 Å². The highest BCUT2D eigenvalue weighted by molar-refractivity contribution is 5.92. The van der Waals surface area contributed by atoms with Crippen LogP contribution in [-0.2, 0) is 23.1 Å². The number of carbonyl (C=O) groups excluding carboxylic acids is 1. The predicted molar refractivity (Wildman–Crippen MR) is 90.9 cm³/mol. The monoisotopic (exact) mass is 359 g/mol. The molecular weight excluding hydrogens is 338 g/mol. The van der Waals surface area contributed by atoms with Gasteiger partial charge in [-0.1, -0.05) is 6.07 Å². The second-order valence-corrected chi connectivity index (χ2v) is 6.34. The quantitative estimate of drug-likeness (QED) is 0.805. The maximum atomic E-state index is 13.1. The van der Waals surface area contributed by atoms with Crippen molar-refractivity contribution in [3.8, 4) is 11.5 Å². The molecular formula is C18H21N3O5. The molecule has 0 bridgehead atoms. The summed E-state index contributed by atoms with van der Waals surface area (Å²) in [6, 6.07) is 7.47. The summed E-state index contributed by atoms with van der Waals surface area (Å²) in [5.41, 5.74) is 2.27. The van der Waals surface area contributed by atoms with Crippen molar-refractivity contribution in [2.45, 2.75) is 19.8 Å². The van der Waals surface area contributed by atoms with E-state index in [1.165, 1.54) is 0 Å². The summed E-state index contributed by atoms with van der Waals surface area (Å²) < 4.78 is 23.4. The zero-order chi connectivity index (χ0) is 18.1. The largest absolute Gasteiger partial charge is 0.454 e. The third-order valence-corrected chi connectivity index (χ3v) is 4.38. The van der Waals surface area contributed by atoms with E-state index in [9.17, 15) is 4.79 Å². The lowest BCUT2D eigenvalue weighted by Crippen LogP contribution is -2.38. The molecule has 2 aliphatic rings. The first kappa shape index (κ1) is 16.9. The maximum Gasteiger partial charge on any atom is 0.272 e. The number of amides is 1. The SMILES string of the molecule is Cc1cc(C(=O)N(Cc2ccc3c(c2)OCO3)CC2OCCO2)n(C)n1. The van der Waals surface area contributed by atoms with E-state index in [0.717, 1.165) is 17.0 Å². The predicted octanol–water partition coefficient (Wildman–Crippen LogP) is 1.47. The number of ether oxygens (including phenoxy) is 4. The van der Waals surface area contributed by atoms with Crippen molar-refractivity contribution in [2.75, 3.05) is 26.6 Å². The number of rotatable bonds is 5. The molecule has 8 heteroatoms. The first-order chi connectivity index (χ1) is 12.6. The molecule has 8 nitrogen and oxygen atoms in total. The van der Waals surface area contributed by atoms with E-state index in [1.54, 1.807) is 22.7 Å². The van der Waals surface area contributed by atoms with Gasteiger partial charge in [0.25, 0.3) is 5.91 Å². The van der Waals surface area contributed by atoms with Gasteiger partial charge in [0.15, 0.2) is 17.8 Å². The fourth-order valence-electron chi connectivity index (χ4n) is 3.14. The molecule has 2 aliphatic heterocycles. The molecule has 1 aromatic carbocycles. The standard InChI is InChI=1S/C18H21N3O5/c1-12-7-14(20(2)19-12)18(22)21(10-17-23-5-6-24-17)9-13-3-4-15-16(8-13)26-11-25-15/h3-4,7-8,17H,5-6,9-11H2,1-2H3. The Morgan fingerprint density at radius 2 is 2.00 bits per heavy atom. The van der Waals surface area contributed by atoms with Gasteiger partial charge in [-0.05, 0) is 30.7 Å². The van der Waals surface area contributed by atoms with E-state index in [-0.39, 0.29) is 12.7 Å². The highest BCUT2D eigenvalue weighted by Gasteiger charge is 2.26. The zero-order valence-corrected chi connectivity index (χ0v) is 14.8. The van der Waals surface area contributed by atoms with E-state index < -0.39 is 6.29 Å². The van der Waals surface area contributed by atoms with Gasteiger partial charge in [0, 0.05) is 13.6 Å². The summed E-state index contributed by atoms with van der Waals surface area (Å²) in [4.78, 5) is 14.8. The van der Waals surface area contributed by atoms with Crippen LogP contribution in [-0.4, -0.2) is 53.4 Å². The summed E-state index contributed by atoms with van der Waals surface area (Å²) in [7, 11) is 1.77. The molecule has 1 aromatic heterocycles. The number of aromatic nitrogens is 2. The number of benzene rings is 1. The van der Waals surface area contributed by atoms with Gasteiger partial charge in [-0.25, -0.2) is 0 Å². The summed E-state index contributed by atoms with van der Waals surface area (Å²) >= 11 is 0. The Kier molecular flexibility index (Phi) is 4.52. The smallest absolute Gasteiger partial charge is 0.272 e. The van der Waals surface area contributed by atoms with Gasteiger partial charge < -0.3 is 23.8 Å². The third-order valence-electron chi connectivity index (χ3n) is 4.38. The number of hydrogen-bond acceptors (Lipinski definition) is 6. The summed E-state index contributed by atoms with van der Waals surface area (Å²) in [5, 5.41) is 4.27. The zero-order valence-electron chi connectivity index (χ0n) is 14.8. The van der Waals surface area contributed by atoms with E-state index in [2.05, 4.69) is 5.10 Å². The van der Waals surface area contributed by atoms with Gasteiger partial charge in [-0.3, -0.25) is 9.48 Å². The molecule has 0 radical (unpaired) electrons. The Morgan fingerprint density at radius 1 is 1.23 bits per heavy atom. The van der Waals surface area contributed by atoms with Crippen molar-refractivity contribution in [3.63, 3.8) is 0 Å². The van der Waals surface area contributed by atoms with Crippen LogP contribution in [0.1, 0.15) is 21.7 Å². The van der Waals surface area contributed by atoms with Crippen LogP contribution in [0.2, 0.25) is 0 Å². The van der Waals surface area contributed by atoms with Crippen LogP contribution >= 0.6 is 0 Å². The molecule has 0 saturated carbocycles. The molecule has 3 heterocycles. The second kappa shape index (κ2) is 6.97. The summed E-state index contributed by atoms with van der Waals surface area (Å²) in [6.07, 6.45) is -0.415. The summed E-state index contributed by atoms with van der Waals surface area (Å²) in [6.45, 7) is 3.92. The van der Waals surface area contributed by atoms with Gasteiger partial charge in [-0.2, -0.15) is 5.10 Å². The highest BCUT2D eigenvalue weighted by atomic mass is 16.7. The molecule has 26 heavy (non-hydrogen) atoms. The van der Waals surface area contributed by atoms with Crippen LogP contribution < -0.4 is 9.47 Å². The topological polar surface area (TPSA) is 75.1 Å². The Balaban J connectivity index is 1.57. The number of aryl methyl sites for hydroxylation is 2. The van der Waals surface area contributed by atoms with Crippen LogP contribution in [0, 0.1) is 6.92 Å². The van der Waals surface area contributed by atoms with Gasteiger partial charge in [0.2, 0.25) is 6.79 Å². The Hall–Kier alpha value is -2.58. The second-order valence-electron chi connectivity index (χ2n) is 6.34. The van der Waals surface area contributed by atoms with Crippen molar-refractivity contribution in [2.24, 2.45) is 7.05 Å². The van der Waals surface area contributed by atoms with Crippen molar-refractivity contribution >= 4 is 5.91 Å². The first-order valence-corrected chi connectivity index (χ1v) is 8.52. The van der Waals surface area contributed by atoms with Crippen LogP contribution in [0.15, 0.2) is 24.3 Å². The molecule has 0 spiro atoms. The lowest BCUT2D eigenvalue weighted by Gasteiger charge is -2.25. The van der Waals surface area contributed by atoms with Crippen molar-refractivity contribution in [1.29, 1.82) is 0 Å². The molecule has 1 fully saturated rings. The van der Waals surface area contributed by atoms with Crippen LogP contribution in [0.4, 0.5) is 0 Å². The lowest BCUT2D eigenvalue weighted by atomic mass is 10.1. The molecule has 0 unspecified atom stereocenters. The van der Waals surface area contributed by atoms with E-state index in [4.69, 9.17) is 18.9 Å². The molecule has 1 amide bonds. The number of carbonyl (C=O) groups is 1. The molecule has 0 atom stereocenters. The fraction of sp³-hybridized carbons (Fsp3) is 0.444. The van der Waals surface area contributed by atoms with Crippen LogP contribution in [0.25, 0.3) is 0 Å². The van der Waals surface area contributed by atoms with Crippen molar-refractivity contribution < 1.29 is 23.7 Å². The normalized spacial score (nSPS) is 16.2. The Labute approximate surface area is 151 Å². The summed E-state index contributed by atoms with van der Waals surface area (Å²) in [5.74, 6) is 1.29. The highest BCUT2D eigenvalue weighted by Crippen LogP contribution is 2.33. The van der Waals surface area contributed by atoms with E-state index in [0.29, 0.717) is 37.7 Å². The maximum absolute atomic E-state index is 13.1. The molecule has 1 saturated heterocycles. The van der Waals surface area contributed by atoms with E-state index in [1.807, 2.05) is 25.1 Å². The fourth-order valence-corrected chi connectivity index (χ4v) is 3.14. The van der Waals surface area contributed by atoms with E-state index >= 15 is 0 Å². The van der Waals surface area contributed by atoms with Gasteiger partial charge in [0.05, 0.1) is 25.5 Å². The Bertz CT molecular complexity index is 813. The first-order valence-electron chi connectivity index (χ1n) is 8.52. The van der Waals surface area contributed by atoms with Gasteiger partial charge in [0.1, 0.15) is 5.69 Å². The molecule has 0 N–H and O–H groups in total. The number of hydrogen-bond donors (Lipinski definition) is 0. The molecule has 2 aromatic rings. The third kappa shape index (κ3) is 3.38. The average Bonchev–Trinajstić information content (AvgIpc) is 3.34. The lowest BCUT2D eigenvalue weighted by molar-refractivity contribution is -0.0586. The van der Waals surface area contributed by atoms with Gasteiger partial charge in [-0.15, -0.1) is 0 Å². The van der Waals surface area contributed by atoms with Crippen molar-refractivity contribution in [1.82, 2.24) is 14.7 Å². The molecule has 138 valence electrons. The number of nitrogens with zero attached hydrogens (tertiary/aromatic N) is 3. The van der Waals surface area contributed by atoms with Crippen LogP contribution in [0.5, 0.6) is 11.5 Å². The average molecular weight is 359 g/mol.